The van der Waals surface area contributed by atoms with Gasteiger partial charge in [0, 0.05) is 31.6 Å². The number of carbonyl (C=O) groups is 1. The molecule has 0 unspecified atom stereocenters. The van der Waals surface area contributed by atoms with Crippen molar-refractivity contribution >= 4 is 28.2 Å². The molecule has 2 aromatic carbocycles. The predicted octanol–water partition coefficient (Wildman–Crippen LogP) is 3.57. The van der Waals surface area contributed by atoms with Crippen molar-refractivity contribution in [2.75, 3.05) is 19.0 Å². The topological polar surface area (TPSA) is 85.6 Å². The van der Waals surface area contributed by atoms with E-state index in [2.05, 4.69) is 4.98 Å². The van der Waals surface area contributed by atoms with Crippen LogP contribution in [0.2, 0.25) is 0 Å². The Bertz CT molecular complexity index is 985. The molecule has 1 heterocycles. The van der Waals surface area contributed by atoms with Gasteiger partial charge in [0.2, 0.25) is 0 Å². The highest BCUT2D eigenvalue weighted by atomic mass is 16.6. The Morgan fingerprint density at radius 3 is 2.65 bits per heavy atom. The fourth-order valence-electron chi connectivity index (χ4n) is 2.60. The van der Waals surface area contributed by atoms with Gasteiger partial charge in [-0.3, -0.25) is 10.1 Å². The van der Waals surface area contributed by atoms with Gasteiger partial charge in [-0.15, -0.1) is 0 Å². The molecule has 0 aliphatic rings. The van der Waals surface area contributed by atoms with Crippen molar-refractivity contribution in [1.29, 1.82) is 0 Å². The van der Waals surface area contributed by atoms with Gasteiger partial charge in [-0.2, -0.15) is 0 Å². The minimum Gasteiger partial charge on any atom is -0.456 e. The minimum absolute atomic E-state index is 0.0147. The number of nitro benzene ring substituents is 1. The normalized spacial score (nSPS) is 10.5. The van der Waals surface area contributed by atoms with Crippen molar-refractivity contribution in [1.82, 2.24) is 4.98 Å². The van der Waals surface area contributed by atoms with Crippen LogP contribution in [0.15, 0.2) is 54.6 Å². The van der Waals surface area contributed by atoms with Gasteiger partial charge in [0.1, 0.15) is 6.61 Å². The number of nitrogens with zero attached hydrogens (tertiary/aromatic N) is 3. The number of ether oxygens (including phenoxy) is 1. The van der Waals surface area contributed by atoms with E-state index in [-0.39, 0.29) is 17.9 Å². The molecule has 0 fully saturated rings. The number of fused-ring (bicyclic) bond motifs is 1. The van der Waals surface area contributed by atoms with Crippen LogP contribution in [0.4, 0.5) is 11.4 Å². The van der Waals surface area contributed by atoms with E-state index in [0.717, 1.165) is 10.9 Å². The summed E-state index contributed by atoms with van der Waals surface area (Å²) in [6.45, 7) is -0.0147. The summed E-state index contributed by atoms with van der Waals surface area (Å²) >= 11 is 0. The van der Waals surface area contributed by atoms with Gasteiger partial charge in [0.05, 0.1) is 27.4 Å². The molecular formula is C19H17N3O4. The molecule has 0 atom stereocenters. The van der Waals surface area contributed by atoms with Crippen molar-refractivity contribution < 1.29 is 14.5 Å². The number of hydrogen-bond donors (Lipinski definition) is 0. The first kappa shape index (κ1) is 17.3. The zero-order chi connectivity index (χ0) is 18.7. The lowest BCUT2D eigenvalue weighted by atomic mass is 10.1. The maximum atomic E-state index is 12.5. The number of para-hydroxylation sites is 1. The van der Waals surface area contributed by atoms with Gasteiger partial charge in [0.15, 0.2) is 0 Å². The van der Waals surface area contributed by atoms with Crippen molar-refractivity contribution in [2.45, 2.75) is 6.61 Å². The predicted molar refractivity (Wildman–Crippen MR) is 98.3 cm³/mol. The minimum atomic E-state index is -0.632. The second-order valence-electron chi connectivity index (χ2n) is 5.92. The molecule has 26 heavy (non-hydrogen) atoms. The Kier molecular flexibility index (Phi) is 4.79. The zero-order valence-electron chi connectivity index (χ0n) is 14.4. The largest absolute Gasteiger partial charge is 0.456 e. The van der Waals surface area contributed by atoms with E-state index in [9.17, 15) is 14.9 Å². The van der Waals surface area contributed by atoms with Gasteiger partial charge in [-0.25, -0.2) is 9.78 Å². The summed E-state index contributed by atoms with van der Waals surface area (Å²) in [5, 5.41) is 12.0. The number of rotatable bonds is 5. The smallest absolute Gasteiger partial charge is 0.340 e. The van der Waals surface area contributed by atoms with Crippen LogP contribution >= 0.6 is 0 Å². The summed E-state index contributed by atoms with van der Waals surface area (Å²) in [4.78, 5) is 29.1. The summed E-state index contributed by atoms with van der Waals surface area (Å²) in [6, 6.07) is 15.5. The quantitative estimate of drug-likeness (QED) is 0.397. The maximum Gasteiger partial charge on any atom is 0.340 e. The Balaban J connectivity index is 1.82. The molecule has 0 aliphatic heterocycles. The van der Waals surface area contributed by atoms with E-state index in [1.54, 1.807) is 25.1 Å². The third-order valence-electron chi connectivity index (χ3n) is 3.90. The molecule has 7 heteroatoms. The number of nitro groups is 1. The van der Waals surface area contributed by atoms with Crippen LogP contribution in [0.1, 0.15) is 16.1 Å². The van der Waals surface area contributed by atoms with Crippen LogP contribution in [-0.2, 0) is 11.3 Å². The number of esters is 1. The molecular weight excluding hydrogens is 334 g/mol. The number of hydrogen-bond acceptors (Lipinski definition) is 6. The van der Waals surface area contributed by atoms with Crippen LogP contribution in [0, 0.1) is 10.1 Å². The SMILES string of the molecule is CN(C)c1ccc([N+](=O)[O-])cc1C(=O)OCc1ccc2ccccc2n1. The number of non-ortho nitro benzene ring substituents is 1. The second-order valence-corrected chi connectivity index (χ2v) is 5.92. The monoisotopic (exact) mass is 351 g/mol. The lowest BCUT2D eigenvalue weighted by molar-refractivity contribution is -0.384. The number of anilines is 1. The summed E-state index contributed by atoms with van der Waals surface area (Å²) in [6.07, 6.45) is 0. The first-order chi connectivity index (χ1) is 12.5. The van der Waals surface area contributed by atoms with E-state index in [4.69, 9.17) is 4.74 Å². The molecule has 0 N–H and O–H groups in total. The van der Waals surface area contributed by atoms with Crippen LogP contribution < -0.4 is 4.90 Å². The fraction of sp³-hybridized carbons (Fsp3) is 0.158. The summed E-state index contributed by atoms with van der Waals surface area (Å²) in [5.74, 6) is -0.632. The summed E-state index contributed by atoms with van der Waals surface area (Å²) in [7, 11) is 3.51. The van der Waals surface area contributed by atoms with E-state index < -0.39 is 10.9 Å². The van der Waals surface area contributed by atoms with E-state index in [0.29, 0.717) is 11.4 Å². The molecule has 0 aliphatic carbocycles. The zero-order valence-corrected chi connectivity index (χ0v) is 14.4. The van der Waals surface area contributed by atoms with Crippen LogP contribution in [0.25, 0.3) is 10.9 Å². The molecule has 3 aromatic rings. The van der Waals surface area contributed by atoms with Gasteiger partial charge in [-0.05, 0) is 18.2 Å². The van der Waals surface area contributed by atoms with Crippen molar-refractivity contribution in [3.63, 3.8) is 0 Å². The van der Waals surface area contributed by atoms with E-state index >= 15 is 0 Å². The molecule has 0 radical (unpaired) electrons. The first-order valence-corrected chi connectivity index (χ1v) is 7.93. The third-order valence-corrected chi connectivity index (χ3v) is 3.90. The molecule has 0 spiro atoms. The van der Waals surface area contributed by atoms with Gasteiger partial charge in [0.25, 0.3) is 5.69 Å². The van der Waals surface area contributed by atoms with Crippen LogP contribution in [0.5, 0.6) is 0 Å². The molecule has 1 aromatic heterocycles. The van der Waals surface area contributed by atoms with Crippen LogP contribution in [-0.4, -0.2) is 30.0 Å². The van der Waals surface area contributed by atoms with Gasteiger partial charge in [-0.1, -0.05) is 24.3 Å². The summed E-state index contributed by atoms with van der Waals surface area (Å²) in [5.41, 5.74) is 1.95. The second kappa shape index (κ2) is 7.18. The van der Waals surface area contributed by atoms with E-state index in [1.165, 1.54) is 18.2 Å². The van der Waals surface area contributed by atoms with Gasteiger partial charge >= 0.3 is 5.97 Å². The fourth-order valence-corrected chi connectivity index (χ4v) is 2.60. The van der Waals surface area contributed by atoms with Crippen molar-refractivity contribution in [3.8, 4) is 0 Å². The number of benzene rings is 2. The molecule has 132 valence electrons. The average molecular weight is 351 g/mol. The molecule has 0 saturated carbocycles. The number of pyridine rings is 1. The Hall–Kier alpha value is -3.48. The highest BCUT2D eigenvalue weighted by Gasteiger charge is 2.19. The molecule has 3 rings (SSSR count). The van der Waals surface area contributed by atoms with Gasteiger partial charge < -0.3 is 9.64 Å². The number of carbonyl (C=O) groups excluding carboxylic acids is 1. The molecule has 0 amide bonds. The Morgan fingerprint density at radius 2 is 1.92 bits per heavy atom. The van der Waals surface area contributed by atoms with Crippen LogP contribution in [0.3, 0.4) is 0 Å². The Morgan fingerprint density at radius 1 is 1.15 bits per heavy atom. The lowest BCUT2D eigenvalue weighted by Crippen LogP contribution is -2.16. The van der Waals surface area contributed by atoms with Crippen molar-refractivity contribution in [2.24, 2.45) is 0 Å². The maximum absolute atomic E-state index is 12.5. The third kappa shape index (κ3) is 3.61. The first-order valence-electron chi connectivity index (χ1n) is 7.93. The molecule has 0 saturated heterocycles. The number of aromatic nitrogens is 1. The average Bonchev–Trinajstić information content (AvgIpc) is 2.65. The summed E-state index contributed by atoms with van der Waals surface area (Å²) < 4.78 is 5.34. The van der Waals surface area contributed by atoms with E-state index in [1.807, 2.05) is 30.3 Å². The molecule has 7 nitrogen and oxygen atoms in total. The highest BCUT2D eigenvalue weighted by Crippen LogP contribution is 2.25. The van der Waals surface area contributed by atoms with Crippen molar-refractivity contribution in [3.05, 3.63) is 76.0 Å². The molecule has 0 bridgehead atoms. The Labute approximate surface area is 150 Å². The standard InChI is InChI=1S/C19H17N3O4/c1-21(2)18-10-9-15(22(24)25)11-16(18)19(23)26-12-14-8-7-13-5-3-4-6-17(13)20-14/h3-11H,12H2,1-2H3. The highest BCUT2D eigenvalue weighted by molar-refractivity contribution is 5.96. The lowest BCUT2D eigenvalue weighted by Gasteiger charge is -2.16.